The molecule has 0 aliphatic heterocycles. The summed E-state index contributed by atoms with van der Waals surface area (Å²) < 4.78 is 0. The van der Waals surface area contributed by atoms with Gasteiger partial charge in [-0.05, 0) is 31.9 Å². The Kier molecular flexibility index (Phi) is 6.92. The first-order valence-corrected chi connectivity index (χ1v) is 7.42. The number of nitrogens with zero attached hydrogens (tertiary/aromatic N) is 1. The predicted octanol–water partition coefficient (Wildman–Crippen LogP) is 3.40. The van der Waals surface area contributed by atoms with E-state index in [0.29, 0.717) is 12.8 Å². The average Bonchev–Trinajstić information content (AvgIpc) is 2.37. The topological polar surface area (TPSA) is 79.3 Å². The van der Waals surface area contributed by atoms with E-state index in [4.69, 9.17) is 28.3 Å². The molecule has 0 bridgehead atoms. The largest absolute Gasteiger partial charge is 0.481 e. The molecule has 0 fully saturated rings. The fourth-order valence-corrected chi connectivity index (χ4v) is 2.24. The normalized spacial score (nSPS) is 13.5. The van der Waals surface area contributed by atoms with Crippen LogP contribution in [0.25, 0.3) is 0 Å². The summed E-state index contributed by atoms with van der Waals surface area (Å²) in [6, 6.07) is 2.94. The maximum absolute atomic E-state index is 12.0. The molecule has 0 radical (unpaired) electrons. The zero-order valence-electron chi connectivity index (χ0n) is 11.9. The molecule has 2 atom stereocenters. The quantitative estimate of drug-likeness (QED) is 0.750. The van der Waals surface area contributed by atoms with Gasteiger partial charge in [0.05, 0.1) is 11.5 Å². The second kappa shape index (κ2) is 8.20. The van der Waals surface area contributed by atoms with Crippen LogP contribution in [0, 0.1) is 5.92 Å². The van der Waals surface area contributed by atoms with Gasteiger partial charge in [-0.1, -0.05) is 36.5 Å². The Morgan fingerprint density at radius 1 is 1.29 bits per heavy atom. The molecule has 1 amide bonds. The summed E-state index contributed by atoms with van der Waals surface area (Å²) in [5.74, 6) is -1.49. The van der Waals surface area contributed by atoms with E-state index in [1.54, 1.807) is 6.92 Å². The van der Waals surface area contributed by atoms with Gasteiger partial charge < -0.3 is 10.4 Å². The molecule has 116 valence electrons. The van der Waals surface area contributed by atoms with Crippen LogP contribution in [0.2, 0.25) is 10.3 Å². The third-order valence-electron chi connectivity index (χ3n) is 3.13. The van der Waals surface area contributed by atoms with Gasteiger partial charge in [-0.25, -0.2) is 4.98 Å². The fourth-order valence-electron chi connectivity index (χ4n) is 1.81. The van der Waals surface area contributed by atoms with Crippen LogP contribution in [0.15, 0.2) is 12.1 Å². The molecule has 1 aromatic rings. The molecule has 2 unspecified atom stereocenters. The zero-order valence-corrected chi connectivity index (χ0v) is 13.4. The van der Waals surface area contributed by atoms with Crippen molar-refractivity contribution in [3.8, 4) is 0 Å². The van der Waals surface area contributed by atoms with Crippen molar-refractivity contribution < 1.29 is 14.7 Å². The predicted molar refractivity (Wildman–Crippen MR) is 81.8 cm³/mol. The Morgan fingerprint density at radius 3 is 2.52 bits per heavy atom. The van der Waals surface area contributed by atoms with Crippen molar-refractivity contribution in [3.05, 3.63) is 28.0 Å². The second-order valence-electron chi connectivity index (χ2n) is 5.02. The number of carboxylic acid groups (broad SMARTS) is 1. The van der Waals surface area contributed by atoms with Crippen LogP contribution in [0.1, 0.15) is 43.5 Å². The summed E-state index contributed by atoms with van der Waals surface area (Å²) in [5, 5.41) is 11.9. The highest BCUT2D eigenvalue weighted by molar-refractivity contribution is 6.34. The molecule has 1 aromatic heterocycles. The number of halogens is 2. The minimum atomic E-state index is -0.800. The molecule has 0 saturated carbocycles. The molecule has 0 aromatic carbocycles. The summed E-state index contributed by atoms with van der Waals surface area (Å²) in [5.41, 5.74) is 0.270. The zero-order chi connectivity index (χ0) is 16.0. The molecular weight excluding hydrogens is 315 g/mol. The molecular formula is C14H18Cl2N2O3. The number of aliphatic carboxylic acids is 1. The van der Waals surface area contributed by atoms with E-state index in [9.17, 15) is 9.59 Å². The van der Waals surface area contributed by atoms with Gasteiger partial charge in [-0.15, -0.1) is 0 Å². The van der Waals surface area contributed by atoms with Gasteiger partial charge in [0.15, 0.2) is 0 Å². The van der Waals surface area contributed by atoms with Crippen molar-refractivity contribution in [1.29, 1.82) is 0 Å². The minimum absolute atomic E-state index is 0.0618. The van der Waals surface area contributed by atoms with Crippen molar-refractivity contribution in [2.75, 3.05) is 0 Å². The van der Waals surface area contributed by atoms with E-state index in [-0.39, 0.29) is 33.7 Å². The monoisotopic (exact) mass is 332 g/mol. The number of carbonyl (C=O) groups excluding carboxylic acids is 1. The van der Waals surface area contributed by atoms with E-state index >= 15 is 0 Å². The summed E-state index contributed by atoms with van der Waals surface area (Å²) in [7, 11) is 0. The van der Waals surface area contributed by atoms with Gasteiger partial charge in [-0.2, -0.15) is 0 Å². The lowest BCUT2D eigenvalue weighted by molar-refractivity contribution is -0.141. The SMILES string of the molecule is CC(CCCC(C)C(=O)O)NC(=O)c1ccc(Cl)nc1Cl. The van der Waals surface area contributed by atoms with Crippen molar-refractivity contribution in [1.82, 2.24) is 10.3 Å². The number of nitrogens with one attached hydrogen (secondary N) is 1. The van der Waals surface area contributed by atoms with Crippen LogP contribution in [-0.4, -0.2) is 28.0 Å². The molecule has 0 aliphatic carbocycles. The van der Waals surface area contributed by atoms with Crippen LogP contribution in [0.3, 0.4) is 0 Å². The Hall–Kier alpha value is -1.33. The van der Waals surface area contributed by atoms with Crippen LogP contribution < -0.4 is 5.32 Å². The fraction of sp³-hybridized carbons (Fsp3) is 0.500. The third-order valence-corrected chi connectivity index (χ3v) is 3.63. The van der Waals surface area contributed by atoms with Crippen molar-refractivity contribution in [2.45, 2.75) is 39.2 Å². The molecule has 1 rings (SSSR count). The smallest absolute Gasteiger partial charge is 0.306 e. The summed E-state index contributed by atoms with van der Waals surface area (Å²) >= 11 is 11.5. The van der Waals surface area contributed by atoms with Gasteiger partial charge >= 0.3 is 5.97 Å². The number of amides is 1. The number of rotatable bonds is 7. The molecule has 0 spiro atoms. The second-order valence-corrected chi connectivity index (χ2v) is 5.76. The Bertz CT molecular complexity index is 523. The molecule has 7 heteroatoms. The van der Waals surface area contributed by atoms with Gasteiger partial charge in [0.25, 0.3) is 5.91 Å². The van der Waals surface area contributed by atoms with Crippen LogP contribution in [0.4, 0.5) is 0 Å². The molecule has 2 N–H and O–H groups in total. The van der Waals surface area contributed by atoms with Gasteiger partial charge in [-0.3, -0.25) is 9.59 Å². The lowest BCUT2D eigenvalue weighted by Crippen LogP contribution is -2.32. The highest BCUT2D eigenvalue weighted by atomic mass is 35.5. The third kappa shape index (κ3) is 5.89. The Labute approximate surface area is 133 Å². The Morgan fingerprint density at radius 2 is 1.95 bits per heavy atom. The first-order valence-electron chi connectivity index (χ1n) is 6.67. The van der Waals surface area contributed by atoms with Crippen molar-refractivity contribution in [2.24, 2.45) is 5.92 Å². The molecule has 1 heterocycles. The van der Waals surface area contributed by atoms with E-state index in [1.165, 1.54) is 12.1 Å². The van der Waals surface area contributed by atoms with E-state index in [0.717, 1.165) is 6.42 Å². The number of hydrogen-bond acceptors (Lipinski definition) is 3. The maximum Gasteiger partial charge on any atom is 0.306 e. The number of pyridine rings is 1. The minimum Gasteiger partial charge on any atom is -0.481 e. The number of carbonyl (C=O) groups is 2. The van der Waals surface area contributed by atoms with E-state index in [2.05, 4.69) is 10.3 Å². The van der Waals surface area contributed by atoms with Gasteiger partial charge in [0.1, 0.15) is 10.3 Å². The summed E-state index contributed by atoms with van der Waals surface area (Å²) in [6.45, 7) is 3.53. The molecule has 0 aliphatic rings. The highest BCUT2D eigenvalue weighted by Crippen LogP contribution is 2.17. The lowest BCUT2D eigenvalue weighted by Gasteiger charge is -2.15. The molecule has 21 heavy (non-hydrogen) atoms. The highest BCUT2D eigenvalue weighted by Gasteiger charge is 2.15. The first kappa shape index (κ1) is 17.7. The van der Waals surface area contributed by atoms with E-state index < -0.39 is 5.97 Å². The maximum atomic E-state index is 12.0. The lowest BCUT2D eigenvalue weighted by atomic mass is 10.0. The van der Waals surface area contributed by atoms with Crippen molar-refractivity contribution >= 4 is 35.1 Å². The number of carboxylic acids is 1. The van der Waals surface area contributed by atoms with Gasteiger partial charge in [0.2, 0.25) is 0 Å². The average molecular weight is 333 g/mol. The Balaban J connectivity index is 2.45. The summed E-state index contributed by atoms with van der Waals surface area (Å²) in [6.07, 6.45) is 2.00. The van der Waals surface area contributed by atoms with E-state index in [1.807, 2.05) is 6.92 Å². The van der Waals surface area contributed by atoms with Crippen LogP contribution in [0.5, 0.6) is 0 Å². The first-order chi connectivity index (χ1) is 9.81. The van der Waals surface area contributed by atoms with Crippen LogP contribution in [-0.2, 0) is 4.79 Å². The van der Waals surface area contributed by atoms with Crippen LogP contribution >= 0.6 is 23.2 Å². The number of hydrogen-bond donors (Lipinski definition) is 2. The molecule has 0 saturated heterocycles. The summed E-state index contributed by atoms with van der Waals surface area (Å²) in [4.78, 5) is 26.5. The number of aromatic nitrogens is 1. The van der Waals surface area contributed by atoms with Gasteiger partial charge in [0, 0.05) is 6.04 Å². The van der Waals surface area contributed by atoms with Crippen molar-refractivity contribution in [3.63, 3.8) is 0 Å². The standard InChI is InChI=1S/C14H18Cl2N2O3/c1-8(14(20)21)4-3-5-9(2)17-13(19)10-6-7-11(15)18-12(10)16/h6-9H,3-5H2,1-2H3,(H,17,19)(H,20,21). The molecule has 5 nitrogen and oxygen atoms in total.